The minimum atomic E-state index is -0.827. The normalized spacial score (nSPS) is 20.7. The van der Waals surface area contributed by atoms with Gasteiger partial charge < -0.3 is 14.2 Å². The van der Waals surface area contributed by atoms with Crippen molar-refractivity contribution in [2.45, 2.75) is 83.9 Å². The molecule has 2 fully saturated rings. The highest BCUT2D eigenvalue weighted by molar-refractivity contribution is 6.37. The number of carbonyl (C=O) groups excluding carboxylic acids is 1. The Hall–Kier alpha value is -6.52. The third-order valence-corrected chi connectivity index (χ3v) is 14.2. The highest BCUT2D eigenvalue weighted by atomic mass is 35.5. The number of hydrogen-bond acceptors (Lipinski definition) is 8. The molecule has 328 valence electrons. The minimum absolute atomic E-state index is 0.0232. The van der Waals surface area contributed by atoms with E-state index in [0.29, 0.717) is 87.5 Å². The first kappa shape index (κ1) is 40.3. The number of H-pyrrole nitrogens is 1. The predicted molar refractivity (Wildman–Crippen MR) is 238 cm³/mol. The lowest BCUT2D eigenvalue weighted by molar-refractivity contribution is -0.0592. The zero-order valence-electron chi connectivity index (χ0n) is 36.3. The topological polar surface area (TPSA) is 156 Å². The second kappa shape index (κ2) is 14.2. The number of carbonyl (C=O) groups is 1. The van der Waals surface area contributed by atoms with Crippen molar-refractivity contribution in [1.82, 2.24) is 48.3 Å². The molecule has 17 heteroatoms. The molecule has 7 heterocycles. The summed E-state index contributed by atoms with van der Waals surface area (Å²) in [4.78, 5) is 47.0. The molecule has 15 nitrogen and oxygen atoms in total. The SMILES string of the molecule is Cc1cc(-n2nc3c(c2-n2ccn(-c4ccc5c(cnn5C)c4Cl)c2=O)CN(C(=O)c2cc4cc(C5CCOC(C)(C)C5)ccc4n2[C@@]2(c4noc(=O)[nH]4)C[C@@H]2C)CC3)cc(C)c1F. The Kier molecular flexibility index (Phi) is 8.96. The number of aromatic amines is 1. The van der Waals surface area contributed by atoms with Crippen molar-refractivity contribution in [1.29, 1.82) is 0 Å². The number of amides is 1. The summed E-state index contributed by atoms with van der Waals surface area (Å²) in [6, 6.07) is 15.4. The monoisotopic (exact) mass is 884 g/mol. The van der Waals surface area contributed by atoms with Gasteiger partial charge >= 0.3 is 11.4 Å². The fourth-order valence-electron chi connectivity index (χ4n) is 10.4. The minimum Gasteiger partial charge on any atom is -0.376 e. The van der Waals surface area contributed by atoms with Gasteiger partial charge in [0.05, 0.1) is 46.0 Å². The van der Waals surface area contributed by atoms with Crippen LogP contribution in [-0.4, -0.2) is 73.0 Å². The van der Waals surface area contributed by atoms with Crippen molar-refractivity contribution < 1.29 is 18.4 Å². The van der Waals surface area contributed by atoms with Gasteiger partial charge in [0.2, 0.25) is 0 Å². The van der Waals surface area contributed by atoms with E-state index in [2.05, 4.69) is 54.2 Å². The molecule has 3 aliphatic rings. The number of benzene rings is 3. The molecule has 8 aromatic rings. The summed E-state index contributed by atoms with van der Waals surface area (Å²) in [5.41, 5.74) is 5.09. The third-order valence-electron chi connectivity index (χ3n) is 13.8. The van der Waals surface area contributed by atoms with E-state index in [4.69, 9.17) is 26.0 Å². The van der Waals surface area contributed by atoms with Crippen molar-refractivity contribution in [3.63, 3.8) is 0 Å². The Morgan fingerprint density at radius 2 is 1.75 bits per heavy atom. The van der Waals surface area contributed by atoms with E-state index >= 15 is 9.18 Å². The van der Waals surface area contributed by atoms with E-state index in [-0.39, 0.29) is 35.7 Å². The number of imidazole rings is 1. The van der Waals surface area contributed by atoms with Crippen LogP contribution in [-0.2, 0) is 30.3 Å². The maximum atomic E-state index is 15.4. The lowest BCUT2D eigenvalue weighted by atomic mass is 9.83. The van der Waals surface area contributed by atoms with Crippen LogP contribution in [0, 0.1) is 25.6 Å². The predicted octanol–water partition coefficient (Wildman–Crippen LogP) is 7.40. The highest BCUT2D eigenvalue weighted by Crippen LogP contribution is 2.56. The maximum absolute atomic E-state index is 15.4. The van der Waals surface area contributed by atoms with Crippen LogP contribution in [0.5, 0.6) is 0 Å². The van der Waals surface area contributed by atoms with Crippen LogP contribution in [0.1, 0.15) is 90.2 Å². The lowest BCUT2D eigenvalue weighted by Gasteiger charge is -2.35. The first-order valence-corrected chi connectivity index (χ1v) is 22.0. The maximum Gasteiger partial charge on any atom is 0.438 e. The molecule has 1 saturated heterocycles. The Morgan fingerprint density at radius 3 is 2.47 bits per heavy atom. The van der Waals surface area contributed by atoms with Gasteiger partial charge in [-0.1, -0.05) is 29.7 Å². The average molecular weight is 885 g/mol. The van der Waals surface area contributed by atoms with Crippen LogP contribution in [0.25, 0.3) is 39.0 Å². The van der Waals surface area contributed by atoms with Gasteiger partial charge in [-0.25, -0.2) is 18.7 Å². The fourth-order valence-corrected chi connectivity index (χ4v) is 10.7. The summed E-state index contributed by atoms with van der Waals surface area (Å²) >= 11 is 6.93. The van der Waals surface area contributed by atoms with Gasteiger partial charge in [-0.15, -0.1) is 0 Å². The second-order valence-electron chi connectivity index (χ2n) is 18.4. The largest absolute Gasteiger partial charge is 0.438 e. The van der Waals surface area contributed by atoms with Gasteiger partial charge in [0, 0.05) is 60.9 Å². The van der Waals surface area contributed by atoms with Crippen molar-refractivity contribution in [3.05, 3.63) is 138 Å². The summed E-state index contributed by atoms with van der Waals surface area (Å²) < 4.78 is 34.6. The van der Waals surface area contributed by atoms with E-state index in [9.17, 15) is 9.59 Å². The van der Waals surface area contributed by atoms with E-state index in [0.717, 1.165) is 29.3 Å². The molecular weight excluding hydrogens is 839 g/mol. The van der Waals surface area contributed by atoms with Gasteiger partial charge in [0.1, 0.15) is 22.9 Å². The number of aromatic nitrogens is 9. The first-order chi connectivity index (χ1) is 30.6. The summed E-state index contributed by atoms with van der Waals surface area (Å²) in [5.74, 6) is -0.105. The zero-order valence-corrected chi connectivity index (χ0v) is 37.0. The number of halogens is 2. The molecule has 64 heavy (non-hydrogen) atoms. The third kappa shape index (κ3) is 6.09. The molecule has 3 aromatic carbocycles. The first-order valence-electron chi connectivity index (χ1n) is 21.6. The molecule has 1 saturated carbocycles. The molecule has 1 aliphatic carbocycles. The van der Waals surface area contributed by atoms with Gasteiger partial charge in [-0.05, 0) is 118 Å². The van der Waals surface area contributed by atoms with E-state index in [1.54, 1.807) is 64.9 Å². The summed E-state index contributed by atoms with van der Waals surface area (Å²) in [7, 11) is 1.83. The number of nitrogens with one attached hydrogen (secondary N) is 1. The van der Waals surface area contributed by atoms with Gasteiger partial charge in [-0.3, -0.25) is 28.1 Å². The molecule has 2 aliphatic heterocycles. The number of aryl methyl sites for hydroxylation is 3. The molecular formula is C47H46ClFN10O5. The quantitative estimate of drug-likeness (QED) is 0.174. The lowest BCUT2D eigenvalue weighted by Crippen LogP contribution is -2.39. The molecule has 1 N–H and O–H groups in total. The van der Waals surface area contributed by atoms with E-state index in [1.807, 2.05) is 23.7 Å². The molecule has 5 aromatic heterocycles. The smallest absolute Gasteiger partial charge is 0.376 e. The standard InChI is InChI=1S/C47H46ClFN10O5/c1-25-17-31(18-26(2)40(25)49)59-41(57-15-14-56(45(57)62)37-10-9-36-32(39(37)48)23-50-54(36)6)33-24-55(13-11-34(33)52-59)42(60)38-20-30-19-28(29-12-16-63-46(4,5)22-29)7-8-35(30)58(38)47(21-27(47)3)43-51-44(61)64-53-43/h7-10,14-15,17-20,23,27,29H,11-13,16,21-22,24H2,1-6H3,(H,51,53,61)/t27-,29?,47-/m0/s1. The Bertz CT molecular complexity index is 3340. The number of hydrogen-bond donors (Lipinski definition) is 1. The molecule has 0 spiro atoms. The summed E-state index contributed by atoms with van der Waals surface area (Å²) in [6.45, 7) is 10.8. The van der Waals surface area contributed by atoms with Crippen LogP contribution in [0.2, 0.25) is 5.02 Å². The summed E-state index contributed by atoms with van der Waals surface area (Å²) in [5, 5.41) is 15.6. The average Bonchev–Trinajstić information content (AvgIpc) is 3.89. The van der Waals surface area contributed by atoms with Crippen molar-refractivity contribution in [3.8, 4) is 17.2 Å². The van der Waals surface area contributed by atoms with Crippen LogP contribution < -0.4 is 11.4 Å². The number of rotatable bonds is 7. The van der Waals surface area contributed by atoms with Crippen LogP contribution in [0.3, 0.4) is 0 Å². The highest BCUT2D eigenvalue weighted by Gasteiger charge is 2.59. The molecule has 0 radical (unpaired) electrons. The zero-order chi connectivity index (χ0) is 44.6. The van der Waals surface area contributed by atoms with E-state index < -0.39 is 17.0 Å². The van der Waals surface area contributed by atoms with Crippen LogP contribution in [0.15, 0.2) is 81.2 Å². The van der Waals surface area contributed by atoms with Crippen molar-refractivity contribution in [2.75, 3.05) is 13.2 Å². The molecule has 0 bridgehead atoms. The molecule has 1 unspecified atom stereocenters. The summed E-state index contributed by atoms with van der Waals surface area (Å²) in [6.07, 6.45) is 7.77. The number of fused-ring (bicyclic) bond motifs is 3. The van der Waals surface area contributed by atoms with Crippen molar-refractivity contribution in [2.24, 2.45) is 13.0 Å². The van der Waals surface area contributed by atoms with Crippen molar-refractivity contribution >= 4 is 39.3 Å². The molecule has 11 rings (SSSR count). The molecule has 3 atom stereocenters. The van der Waals surface area contributed by atoms with Gasteiger partial charge in [-0.2, -0.15) is 10.2 Å². The second-order valence-corrected chi connectivity index (χ2v) is 18.8. The Morgan fingerprint density at radius 1 is 1.00 bits per heavy atom. The van der Waals surface area contributed by atoms with Crippen LogP contribution in [0.4, 0.5) is 4.39 Å². The van der Waals surface area contributed by atoms with Crippen LogP contribution >= 0.6 is 11.6 Å². The fraction of sp³-hybridized carbons (Fsp3) is 0.362. The van der Waals surface area contributed by atoms with E-state index in [1.165, 1.54) is 14.7 Å². The number of nitrogens with zero attached hydrogens (tertiary/aromatic N) is 9. The Labute approximate surface area is 370 Å². The Balaban J connectivity index is 1.04. The number of ether oxygens (including phenoxy) is 1. The van der Waals surface area contributed by atoms with Gasteiger partial charge in [0.25, 0.3) is 5.91 Å². The van der Waals surface area contributed by atoms with Gasteiger partial charge in [0.15, 0.2) is 5.82 Å². The molecule has 1 amide bonds.